The molecule has 6 rings (SSSR count). The standard InChI is InChI=1S/C21H27FN2O4S/c22-16-3-1-2-4-17(16)29(27,28)23-12-20(5-6-20)19(25)24-18-14-7-13-8-15(18)11-21(26,9-13)10-14/h1-4,13-15,18,23,26H,5-12H2,(H,24,25). The van der Waals surface area contributed by atoms with Crippen LogP contribution in [0.15, 0.2) is 29.2 Å². The molecular formula is C21H27FN2O4S. The summed E-state index contributed by atoms with van der Waals surface area (Å²) in [5.41, 5.74) is -1.30. The Kier molecular flexibility index (Phi) is 4.35. The van der Waals surface area contributed by atoms with Crippen molar-refractivity contribution in [2.75, 3.05) is 6.54 Å². The maximum absolute atomic E-state index is 13.9. The van der Waals surface area contributed by atoms with Crippen molar-refractivity contribution in [3.05, 3.63) is 30.1 Å². The number of carbonyl (C=O) groups is 1. The lowest BCUT2D eigenvalue weighted by Gasteiger charge is -2.58. The Morgan fingerprint density at radius 1 is 1.14 bits per heavy atom. The number of carbonyl (C=O) groups excluding carboxylic acids is 1. The molecule has 0 aromatic heterocycles. The minimum atomic E-state index is -4.01. The molecule has 4 bridgehead atoms. The first-order valence-electron chi connectivity index (χ1n) is 10.5. The van der Waals surface area contributed by atoms with Crippen molar-refractivity contribution in [1.29, 1.82) is 0 Å². The van der Waals surface area contributed by atoms with E-state index in [1.54, 1.807) is 0 Å². The largest absolute Gasteiger partial charge is 0.390 e. The van der Waals surface area contributed by atoms with Crippen molar-refractivity contribution >= 4 is 15.9 Å². The molecule has 5 fully saturated rings. The smallest absolute Gasteiger partial charge is 0.243 e. The molecule has 1 amide bonds. The van der Waals surface area contributed by atoms with Crippen LogP contribution in [0.4, 0.5) is 4.39 Å². The van der Waals surface area contributed by atoms with Crippen LogP contribution in [0.1, 0.15) is 44.9 Å². The molecule has 2 unspecified atom stereocenters. The van der Waals surface area contributed by atoms with Crippen LogP contribution in [0.25, 0.3) is 0 Å². The first kappa shape index (κ1) is 19.5. The summed E-state index contributed by atoms with van der Waals surface area (Å²) in [6, 6.07) is 5.30. The average molecular weight is 423 g/mol. The van der Waals surface area contributed by atoms with Gasteiger partial charge in [-0.3, -0.25) is 4.79 Å². The molecular weight excluding hydrogens is 395 g/mol. The third-order valence-corrected chi connectivity index (χ3v) is 9.04. The first-order valence-corrected chi connectivity index (χ1v) is 12.0. The Morgan fingerprint density at radius 3 is 2.38 bits per heavy atom. The Balaban J connectivity index is 1.25. The fourth-order valence-corrected chi connectivity index (χ4v) is 7.33. The maximum atomic E-state index is 13.9. The highest BCUT2D eigenvalue weighted by Crippen LogP contribution is 2.56. The van der Waals surface area contributed by atoms with Gasteiger partial charge < -0.3 is 10.4 Å². The number of sulfonamides is 1. The number of hydrogen-bond donors (Lipinski definition) is 3. The average Bonchev–Trinajstić information content (AvgIpc) is 3.43. The van der Waals surface area contributed by atoms with Crippen molar-refractivity contribution in [3.63, 3.8) is 0 Å². The van der Waals surface area contributed by atoms with Crippen LogP contribution in [0.3, 0.4) is 0 Å². The summed E-state index contributed by atoms with van der Waals surface area (Å²) in [6.07, 6.45) is 5.73. The quantitative estimate of drug-likeness (QED) is 0.653. The molecule has 5 aliphatic carbocycles. The SMILES string of the molecule is O=C(NC1C2CC3CC1CC(O)(C3)C2)C1(CNS(=O)(=O)c2ccccc2F)CC1. The Bertz CT molecular complexity index is 930. The van der Waals surface area contributed by atoms with Gasteiger partial charge in [0.05, 0.1) is 11.0 Å². The van der Waals surface area contributed by atoms with Crippen molar-refractivity contribution < 1.29 is 22.7 Å². The summed E-state index contributed by atoms with van der Waals surface area (Å²) < 4.78 is 41.2. The minimum absolute atomic E-state index is 0.0237. The third kappa shape index (κ3) is 3.39. The number of amides is 1. The van der Waals surface area contributed by atoms with Crippen LogP contribution >= 0.6 is 0 Å². The lowest BCUT2D eigenvalue weighted by atomic mass is 9.52. The zero-order chi connectivity index (χ0) is 20.4. The van der Waals surface area contributed by atoms with Crippen LogP contribution in [0, 0.1) is 29.0 Å². The van der Waals surface area contributed by atoms with Gasteiger partial charge in [0.25, 0.3) is 0 Å². The molecule has 3 N–H and O–H groups in total. The zero-order valence-electron chi connectivity index (χ0n) is 16.2. The molecule has 0 spiro atoms. The van der Waals surface area contributed by atoms with E-state index in [9.17, 15) is 22.7 Å². The third-order valence-electron chi connectivity index (χ3n) is 7.60. The molecule has 0 radical (unpaired) electrons. The van der Waals surface area contributed by atoms with Gasteiger partial charge in [0.2, 0.25) is 15.9 Å². The van der Waals surface area contributed by atoms with Gasteiger partial charge in [0.15, 0.2) is 0 Å². The second-order valence-electron chi connectivity index (χ2n) is 9.73. The van der Waals surface area contributed by atoms with E-state index in [0.717, 1.165) is 38.2 Å². The van der Waals surface area contributed by atoms with Crippen LogP contribution < -0.4 is 10.0 Å². The summed E-state index contributed by atoms with van der Waals surface area (Å²) in [4.78, 5) is 12.6. The zero-order valence-corrected chi connectivity index (χ0v) is 17.1. The molecule has 0 aliphatic heterocycles. The number of nitrogens with one attached hydrogen (secondary N) is 2. The van der Waals surface area contributed by atoms with E-state index in [-0.39, 0.29) is 18.5 Å². The van der Waals surface area contributed by atoms with Gasteiger partial charge in [-0.05, 0) is 74.8 Å². The van der Waals surface area contributed by atoms with Gasteiger partial charge in [0.1, 0.15) is 10.7 Å². The molecule has 1 aromatic carbocycles. The van der Waals surface area contributed by atoms with E-state index < -0.39 is 31.8 Å². The maximum Gasteiger partial charge on any atom is 0.243 e. The number of benzene rings is 1. The highest BCUT2D eigenvalue weighted by atomic mass is 32.2. The van der Waals surface area contributed by atoms with Gasteiger partial charge >= 0.3 is 0 Å². The summed E-state index contributed by atoms with van der Waals surface area (Å²) in [5, 5.41) is 13.9. The predicted molar refractivity (Wildman–Crippen MR) is 104 cm³/mol. The van der Waals surface area contributed by atoms with Crippen LogP contribution in [-0.2, 0) is 14.8 Å². The Morgan fingerprint density at radius 2 is 1.79 bits per heavy atom. The highest BCUT2D eigenvalue weighted by Gasteiger charge is 2.57. The lowest BCUT2D eigenvalue weighted by Crippen LogP contribution is -2.62. The predicted octanol–water partition coefficient (Wildman–Crippen LogP) is 1.94. The summed E-state index contributed by atoms with van der Waals surface area (Å²) in [5.74, 6) is 0.259. The van der Waals surface area contributed by atoms with Crippen LogP contribution in [-0.4, -0.2) is 37.6 Å². The summed E-state index contributed by atoms with van der Waals surface area (Å²) in [6.45, 7) is -0.0237. The molecule has 5 saturated carbocycles. The topological polar surface area (TPSA) is 95.5 Å². The molecule has 29 heavy (non-hydrogen) atoms. The second-order valence-corrected chi connectivity index (χ2v) is 11.5. The van der Waals surface area contributed by atoms with E-state index in [0.29, 0.717) is 30.6 Å². The van der Waals surface area contributed by atoms with Gasteiger partial charge in [0, 0.05) is 12.6 Å². The fourth-order valence-electron chi connectivity index (χ4n) is 6.13. The molecule has 0 heterocycles. The van der Waals surface area contributed by atoms with E-state index >= 15 is 0 Å². The van der Waals surface area contributed by atoms with Gasteiger partial charge in [-0.2, -0.15) is 0 Å². The number of aliphatic hydroxyl groups is 1. The molecule has 158 valence electrons. The molecule has 5 aliphatic rings. The van der Waals surface area contributed by atoms with Gasteiger partial charge in [-0.1, -0.05) is 12.1 Å². The minimum Gasteiger partial charge on any atom is -0.390 e. The summed E-state index contributed by atoms with van der Waals surface area (Å²) in [7, 11) is -4.01. The van der Waals surface area contributed by atoms with E-state index in [1.807, 2.05) is 0 Å². The second kappa shape index (κ2) is 6.49. The fraction of sp³-hybridized carbons (Fsp3) is 0.667. The number of hydrogen-bond acceptors (Lipinski definition) is 4. The van der Waals surface area contributed by atoms with E-state index in [1.165, 1.54) is 18.2 Å². The first-order chi connectivity index (χ1) is 13.7. The van der Waals surface area contributed by atoms with Crippen molar-refractivity contribution in [2.45, 2.75) is 61.5 Å². The normalized spacial score (nSPS) is 36.8. The van der Waals surface area contributed by atoms with E-state index in [2.05, 4.69) is 10.0 Å². The molecule has 0 saturated heterocycles. The van der Waals surface area contributed by atoms with Crippen molar-refractivity contribution in [1.82, 2.24) is 10.0 Å². The summed E-state index contributed by atoms with van der Waals surface area (Å²) >= 11 is 0. The monoisotopic (exact) mass is 422 g/mol. The van der Waals surface area contributed by atoms with Crippen molar-refractivity contribution in [2.24, 2.45) is 23.2 Å². The van der Waals surface area contributed by atoms with Crippen LogP contribution in [0.5, 0.6) is 0 Å². The van der Waals surface area contributed by atoms with Crippen molar-refractivity contribution in [3.8, 4) is 0 Å². The molecule has 1 aromatic rings. The Hall–Kier alpha value is -1.51. The van der Waals surface area contributed by atoms with E-state index in [4.69, 9.17) is 0 Å². The Labute approximate surface area is 170 Å². The van der Waals surface area contributed by atoms with Crippen LogP contribution in [0.2, 0.25) is 0 Å². The number of halogens is 1. The lowest BCUT2D eigenvalue weighted by molar-refractivity contribution is -0.148. The molecule has 8 heteroatoms. The number of rotatable bonds is 6. The van der Waals surface area contributed by atoms with Gasteiger partial charge in [-0.15, -0.1) is 0 Å². The molecule has 2 atom stereocenters. The molecule has 6 nitrogen and oxygen atoms in total. The highest BCUT2D eigenvalue weighted by molar-refractivity contribution is 7.89. The van der Waals surface area contributed by atoms with Gasteiger partial charge in [-0.25, -0.2) is 17.5 Å².